The standard InChI is InChI=1S/C18H18BrN3O3/c1-12-4-2-3-5-15(12)21-17(24)8-9-18(25)22-20-11-13-6-7-16(23)14(19)10-13/h2-7,10-11,23H,8-9H2,1H3,(H,21,24)(H,22,25)/b20-11+. The number of benzene rings is 2. The van der Waals surface area contributed by atoms with Crippen LogP contribution in [0, 0.1) is 6.92 Å². The first kappa shape index (κ1) is 18.7. The minimum absolute atomic E-state index is 0.0360. The van der Waals surface area contributed by atoms with E-state index in [2.05, 4.69) is 31.8 Å². The van der Waals surface area contributed by atoms with Crippen molar-refractivity contribution in [3.63, 3.8) is 0 Å². The molecule has 2 aromatic rings. The maximum Gasteiger partial charge on any atom is 0.240 e. The second-order valence-electron chi connectivity index (χ2n) is 5.37. The molecule has 2 aromatic carbocycles. The van der Waals surface area contributed by atoms with Crippen molar-refractivity contribution in [3.8, 4) is 5.75 Å². The fourth-order valence-electron chi connectivity index (χ4n) is 1.99. The molecular weight excluding hydrogens is 386 g/mol. The van der Waals surface area contributed by atoms with Crippen molar-refractivity contribution in [2.45, 2.75) is 19.8 Å². The number of para-hydroxylation sites is 1. The first-order valence-electron chi connectivity index (χ1n) is 7.61. The minimum Gasteiger partial charge on any atom is -0.507 e. The first-order chi connectivity index (χ1) is 12.0. The molecule has 0 spiro atoms. The highest BCUT2D eigenvalue weighted by Crippen LogP contribution is 2.23. The zero-order chi connectivity index (χ0) is 18.2. The number of aromatic hydroxyl groups is 1. The molecule has 0 unspecified atom stereocenters. The van der Waals surface area contributed by atoms with E-state index in [-0.39, 0.29) is 30.4 Å². The summed E-state index contributed by atoms with van der Waals surface area (Å²) in [5.41, 5.74) is 4.78. The quantitative estimate of drug-likeness (QED) is 0.510. The highest BCUT2D eigenvalue weighted by atomic mass is 79.9. The molecule has 0 aliphatic rings. The number of nitrogens with zero attached hydrogens (tertiary/aromatic N) is 1. The highest BCUT2D eigenvalue weighted by molar-refractivity contribution is 9.10. The SMILES string of the molecule is Cc1ccccc1NC(=O)CCC(=O)N/N=C/c1ccc(O)c(Br)c1. The zero-order valence-corrected chi connectivity index (χ0v) is 15.2. The van der Waals surface area contributed by atoms with E-state index in [9.17, 15) is 14.7 Å². The van der Waals surface area contributed by atoms with Crippen LogP contribution in [0.15, 0.2) is 52.0 Å². The molecule has 25 heavy (non-hydrogen) atoms. The molecule has 0 atom stereocenters. The lowest BCUT2D eigenvalue weighted by atomic mass is 10.2. The summed E-state index contributed by atoms with van der Waals surface area (Å²) in [5.74, 6) is -0.453. The number of phenolic OH excluding ortho intramolecular Hbond substituents is 1. The Morgan fingerprint density at radius 2 is 1.88 bits per heavy atom. The molecule has 0 saturated carbocycles. The van der Waals surface area contributed by atoms with Gasteiger partial charge in [0.25, 0.3) is 0 Å². The summed E-state index contributed by atoms with van der Waals surface area (Å²) in [4.78, 5) is 23.6. The number of nitrogens with one attached hydrogen (secondary N) is 2. The van der Waals surface area contributed by atoms with Crippen molar-refractivity contribution in [2.75, 3.05) is 5.32 Å². The number of phenols is 1. The summed E-state index contributed by atoms with van der Waals surface area (Å²) in [6.07, 6.45) is 1.56. The Kier molecular flexibility index (Phi) is 6.71. The first-order valence-corrected chi connectivity index (χ1v) is 8.41. The highest BCUT2D eigenvalue weighted by Gasteiger charge is 2.07. The van der Waals surface area contributed by atoms with E-state index >= 15 is 0 Å². The van der Waals surface area contributed by atoms with Crippen LogP contribution in [-0.2, 0) is 9.59 Å². The van der Waals surface area contributed by atoms with Gasteiger partial charge in [0.05, 0.1) is 10.7 Å². The van der Waals surface area contributed by atoms with Crippen molar-refractivity contribution < 1.29 is 14.7 Å². The predicted molar refractivity (Wildman–Crippen MR) is 101 cm³/mol. The summed E-state index contributed by atoms with van der Waals surface area (Å²) in [6.45, 7) is 1.90. The zero-order valence-electron chi connectivity index (χ0n) is 13.6. The number of halogens is 1. The van der Waals surface area contributed by atoms with Crippen LogP contribution in [0.2, 0.25) is 0 Å². The normalized spacial score (nSPS) is 10.6. The van der Waals surface area contributed by atoms with Crippen molar-refractivity contribution in [3.05, 3.63) is 58.1 Å². The molecule has 0 aromatic heterocycles. The Bertz CT molecular complexity index is 806. The van der Waals surface area contributed by atoms with Gasteiger partial charge in [-0.3, -0.25) is 9.59 Å². The van der Waals surface area contributed by atoms with Gasteiger partial charge >= 0.3 is 0 Å². The monoisotopic (exact) mass is 403 g/mol. The fraction of sp³-hybridized carbons (Fsp3) is 0.167. The lowest BCUT2D eigenvalue weighted by Gasteiger charge is -2.07. The van der Waals surface area contributed by atoms with E-state index in [0.717, 1.165) is 11.3 Å². The summed E-state index contributed by atoms with van der Waals surface area (Å²) in [5, 5.41) is 16.0. The van der Waals surface area contributed by atoms with Gasteiger partial charge in [0, 0.05) is 18.5 Å². The second kappa shape index (κ2) is 8.98. The Balaban J connectivity index is 1.76. The average molecular weight is 404 g/mol. The van der Waals surface area contributed by atoms with Gasteiger partial charge in [0.1, 0.15) is 5.75 Å². The Morgan fingerprint density at radius 1 is 1.16 bits per heavy atom. The van der Waals surface area contributed by atoms with E-state index in [4.69, 9.17) is 0 Å². The largest absolute Gasteiger partial charge is 0.507 e. The number of anilines is 1. The molecule has 0 bridgehead atoms. The molecule has 0 aliphatic heterocycles. The molecule has 2 amide bonds. The topological polar surface area (TPSA) is 90.8 Å². The van der Waals surface area contributed by atoms with Crippen molar-refractivity contribution in [1.29, 1.82) is 0 Å². The molecule has 0 radical (unpaired) electrons. The van der Waals surface area contributed by atoms with Crippen LogP contribution in [0.5, 0.6) is 5.75 Å². The van der Waals surface area contributed by atoms with Crippen molar-refractivity contribution in [2.24, 2.45) is 5.10 Å². The van der Waals surface area contributed by atoms with Gasteiger partial charge in [0.2, 0.25) is 11.8 Å². The fourth-order valence-corrected chi connectivity index (χ4v) is 2.39. The maximum absolute atomic E-state index is 11.9. The Morgan fingerprint density at radius 3 is 2.60 bits per heavy atom. The molecule has 6 nitrogen and oxygen atoms in total. The number of carbonyl (C=O) groups excluding carboxylic acids is 2. The molecular formula is C18H18BrN3O3. The van der Waals surface area contributed by atoms with Crippen LogP contribution in [0.25, 0.3) is 0 Å². The van der Waals surface area contributed by atoms with E-state index in [1.807, 2.05) is 31.2 Å². The molecule has 0 fully saturated rings. The van der Waals surface area contributed by atoms with Gasteiger partial charge in [-0.2, -0.15) is 5.10 Å². The summed E-state index contributed by atoms with van der Waals surface area (Å²) < 4.78 is 0.538. The average Bonchev–Trinajstić information content (AvgIpc) is 2.58. The molecule has 0 saturated heterocycles. The van der Waals surface area contributed by atoms with Gasteiger partial charge in [-0.05, 0) is 58.2 Å². The molecule has 2 rings (SSSR count). The number of amides is 2. The van der Waals surface area contributed by atoms with Crippen LogP contribution in [0.3, 0.4) is 0 Å². The maximum atomic E-state index is 11.9. The molecule has 7 heteroatoms. The van der Waals surface area contributed by atoms with Gasteiger partial charge < -0.3 is 10.4 Å². The number of hydrogen-bond donors (Lipinski definition) is 3. The van der Waals surface area contributed by atoms with Crippen LogP contribution >= 0.6 is 15.9 Å². The van der Waals surface area contributed by atoms with Crippen molar-refractivity contribution in [1.82, 2.24) is 5.43 Å². The number of aryl methyl sites for hydroxylation is 1. The molecule has 130 valence electrons. The third-order valence-corrected chi connectivity index (χ3v) is 4.01. The van der Waals surface area contributed by atoms with Gasteiger partial charge in [-0.25, -0.2) is 5.43 Å². The van der Waals surface area contributed by atoms with Crippen LogP contribution in [0.1, 0.15) is 24.0 Å². The van der Waals surface area contributed by atoms with E-state index < -0.39 is 0 Å². The van der Waals surface area contributed by atoms with E-state index in [1.54, 1.807) is 12.1 Å². The number of carbonyl (C=O) groups is 2. The molecule has 0 aliphatic carbocycles. The van der Waals surface area contributed by atoms with E-state index in [0.29, 0.717) is 10.0 Å². The summed E-state index contributed by atoms with van der Waals surface area (Å²) in [6, 6.07) is 12.3. The summed E-state index contributed by atoms with van der Waals surface area (Å²) >= 11 is 3.20. The third kappa shape index (κ3) is 6.04. The van der Waals surface area contributed by atoms with Gasteiger partial charge in [-0.15, -0.1) is 0 Å². The number of hydrogen-bond acceptors (Lipinski definition) is 4. The lowest BCUT2D eigenvalue weighted by molar-refractivity contribution is -0.124. The summed E-state index contributed by atoms with van der Waals surface area (Å²) in [7, 11) is 0. The smallest absolute Gasteiger partial charge is 0.240 e. The Labute approximate surface area is 154 Å². The number of hydrazone groups is 1. The van der Waals surface area contributed by atoms with Crippen LogP contribution in [0.4, 0.5) is 5.69 Å². The Hall–Kier alpha value is -2.67. The number of rotatable bonds is 6. The van der Waals surface area contributed by atoms with Gasteiger partial charge in [-0.1, -0.05) is 18.2 Å². The minimum atomic E-state index is -0.353. The van der Waals surface area contributed by atoms with E-state index in [1.165, 1.54) is 12.3 Å². The molecule has 0 heterocycles. The van der Waals surface area contributed by atoms with Crippen LogP contribution < -0.4 is 10.7 Å². The van der Waals surface area contributed by atoms with Gasteiger partial charge in [0.15, 0.2) is 0 Å². The van der Waals surface area contributed by atoms with Crippen LogP contribution in [-0.4, -0.2) is 23.1 Å². The molecule has 3 N–H and O–H groups in total. The lowest BCUT2D eigenvalue weighted by Crippen LogP contribution is -2.20. The second-order valence-corrected chi connectivity index (χ2v) is 6.22. The predicted octanol–water partition coefficient (Wildman–Crippen LogP) is 3.33. The van der Waals surface area contributed by atoms with Crippen molar-refractivity contribution >= 4 is 39.6 Å². The third-order valence-electron chi connectivity index (χ3n) is 3.37.